The molecule has 84 valence electrons. The molecule has 0 saturated heterocycles. The van der Waals surface area contributed by atoms with Crippen molar-refractivity contribution in [2.45, 2.75) is 6.54 Å². The second-order valence-electron chi connectivity index (χ2n) is 3.29. The van der Waals surface area contributed by atoms with E-state index < -0.39 is 0 Å². The van der Waals surface area contributed by atoms with Gasteiger partial charge in [0.05, 0.1) is 18.4 Å². The summed E-state index contributed by atoms with van der Waals surface area (Å²) in [4.78, 5) is 17.3. The number of anilines is 1. The zero-order valence-corrected chi connectivity index (χ0v) is 8.64. The van der Waals surface area contributed by atoms with Crippen molar-refractivity contribution in [3.8, 4) is 0 Å². The molecule has 0 aliphatic rings. The first-order valence-corrected chi connectivity index (χ1v) is 4.57. The number of aromatic nitrogens is 5. The van der Waals surface area contributed by atoms with Crippen LogP contribution in [0, 0.1) is 0 Å². The van der Waals surface area contributed by atoms with Crippen molar-refractivity contribution in [1.82, 2.24) is 30.3 Å². The molecule has 16 heavy (non-hydrogen) atoms. The Kier molecular flexibility index (Phi) is 2.54. The van der Waals surface area contributed by atoms with Gasteiger partial charge in [0, 0.05) is 7.05 Å². The Balaban J connectivity index is 2.08. The van der Waals surface area contributed by atoms with Crippen molar-refractivity contribution in [2.24, 2.45) is 0 Å². The van der Waals surface area contributed by atoms with Crippen molar-refractivity contribution in [3.63, 3.8) is 0 Å². The zero-order valence-electron chi connectivity index (χ0n) is 8.64. The third-order valence-corrected chi connectivity index (χ3v) is 2.08. The van der Waals surface area contributed by atoms with E-state index in [9.17, 15) is 4.79 Å². The maximum absolute atomic E-state index is 11.9. The van der Waals surface area contributed by atoms with Crippen LogP contribution in [0.1, 0.15) is 16.3 Å². The number of hydrogen-bond acceptors (Lipinski definition) is 5. The first kappa shape index (κ1) is 10.1. The Morgan fingerprint density at radius 2 is 2.31 bits per heavy atom. The van der Waals surface area contributed by atoms with Crippen LogP contribution in [-0.2, 0) is 6.54 Å². The summed E-state index contributed by atoms with van der Waals surface area (Å²) in [5, 5.41) is 12.6. The summed E-state index contributed by atoms with van der Waals surface area (Å²) in [5.41, 5.74) is 6.18. The first-order valence-electron chi connectivity index (χ1n) is 4.57. The highest BCUT2D eigenvalue weighted by Gasteiger charge is 2.17. The van der Waals surface area contributed by atoms with Gasteiger partial charge < -0.3 is 10.6 Å². The maximum atomic E-state index is 11.9. The molecular weight excluding hydrogens is 210 g/mol. The molecule has 4 N–H and O–H groups in total. The largest absolute Gasteiger partial charge is 0.396 e. The number of nitrogens with zero attached hydrogens (tertiary/aromatic N) is 4. The van der Waals surface area contributed by atoms with Crippen LogP contribution in [0.3, 0.4) is 0 Å². The number of nitrogens with two attached hydrogens (primary N) is 1. The normalized spacial score (nSPS) is 10.3. The Labute approximate surface area is 90.9 Å². The fourth-order valence-corrected chi connectivity index (χ4v) is 1.26. The van der Waals surface area contributed by atoms with E-state index in [-0.39, 0.29) is 11.6 Å². The Bertz CT molecular complexity index is 474. The molecule has 2 heterocycles. The van der Waals surface area contributed by atoms with E-state index in [4.69, 9.17) is 5.73 Å². The molecule has 2 aromatic heterocycles. The topological polar surface area (TPSA) is 117 Å². The highest BCUT2D eigenvalue weighted by molar-refractivity contribution is 5.96. The molecule has 1 amide bonds. The number of H-pyrrole nitrogens is 2. The number of rotatable bonds is 3. The van der Waals surface area contributed by atoms with E-state index in [2.05, 4.69) is 25.4 Å². The summed E-state index contributed by atoms with van der Waals surface area (Å²) in [6.07, 6.45) is 2.79. The first-order chi connectivity index (χ1) is 7.68. The second kappa shape index (κ2) is 4.01. The predicted molar refractivity (Wildman–Crippen MR) is 55.2 cm³/mol. The zero-order chi connectivity index (χ0) is 11.5. The quantitative estimate of drug-likeness (QED) is 0.638. The Morgan fingerprint density at radius 1 is 1.50 bits per heavy atom. The lowest BCUT2D eigenvalue weighted by molar-refractivity contribution is 0.0777. The third-order valence-electron chi connectivity index (χ3n) is 2.08. The minimum atomic E-state index is -0.244. The average molecular weight is 221 g/mol. The summed E-state index contributed by atoms with van der Waals surface area (Å²) in [6, 6.07) is 0. The number of carbonyl (C=O) groups is 1. The van der Waals surface area contributed by atoms with Gasteiger partial charge in [-0.05, 0) is 0 Å². The molecule has 0 radical (unpaired) electrons. The van der Waals surface area contributed by atoms with Gasteiger partial charge in [-0.2, -0.15) is 10.2 Å². The monoisotopic (exact) mass is 221 g/mol. The highest BCUT2D eigenvalue weighted by Crippen LogP contribution is 2.09. The van der Waals surface area contributed by atoms with Crippen molar-refractivity contribution in [3.05, 3.63) is 24.0 Å². The number of nitrogens with one attached hydrogen (secondary N) is 2. The van der Waals surface area contributed by atoms with Crippen molar-refractivity contribution < 1.29 is 4.79 Å². The van der Waals surface area contributed by atoms with Crippen LogP contribution in [0.15, 0.2) is 12.5 Å². The summed E-state index contributed by atoms with van der Waals surface area (Å²) in [5.74, 6) is 0.361. The fraction of sp³-hybridized carbons (Fsp3) is 0.250. The van der Waals surface area contributed by atoms with E-state index in [1.165, 1.54) is 17.4 Å². The SMILES string of the molecule is CN(Cc1ncn[nH]1)C(=O)c1[nH]ncc1N. The van der Waals surface area contributed by atoms with E-state index in [0.29, 0.717) is 18.1 Å². The Hall–Kier alpha value is -2.38. The molecule has 0 spiro atoms. The van der Waals surface area contributed by atoms with Crippen molar-refractivity contribution in [1.29, 1.82) is 0 Å². The highest BCUT2D eigenvalue weighted by atomic mass is 16.2. The van der Waals surface area contributed by atoms with Gasteiger partial charge in [0.2, 0.25) is 0 Å². The van der Waals surface area contributed by atoms with E-state index in [0.717, 1.165) is 0 Å². The molecular formula is C8H11N7O. The van der Waals surface area contributed by atoms with Gasteiger partial charge in [-0.3, -0.25) is 15.0 Å². The van der Waals surface area contributed by atoms with E-state index in [1.807, 2.05) is 0 Å². The predicted octanol–water partition coefficient (Wildman–Crippen LogP) is -0.618. The van der Waals surface area contributed by atoms with Gasteiger partial charge in [-0.1, -0.05) is 0 Å². The molecule has 0 bridgehead atoms. The van der Waals surface area contributed by atoms with Crippen LogP contribution in [-0.4, -0.2) is 43.2 Å². The lowest BCUT2D eigenvalue weighted by Gasteiger charge is -2.14. The fourth-order valence-electron chi connectivity index (χ4n) is 1.26. The number of aromatic amines is 2. The van der Waals surface area contributed by atoms with Crippen LogP contribution in [0.4, 0.5) is 5.69 Å². The molecule has 2 aromatic rings. The standard InChI is InChI=1S/C8H11N7O/c1-15(3-6-10-4-12-13-6)8(16)7-5(9)2-11-14-7/h2,4H,3,9H2,1H3,(H,11,14)(H,10,12,13). The lowest BCUT2D eigenvalue weighted by Crippen LogP contribution is -2.27. The molecule has 2 rings (SSSR count). The molecule has 0 aliphatic carbocycles. The molecule has 8 heteroatoms. The third kappa shape index (κ3) is 1.85. The second-order valence-corrected chi connectivity index (χ2v) is 3.29. The maximum Gasteiger partial charge on any atom is 0.274 e. The number of carbonyl (C=O) groups excluding carboxylic acids is 1. The van der Waals surface area contributed by atoms with Crippen molar-refractivity contribution >= 4 is 11.6 Å². The number of hydrogen-bond donors (Lipinski definition) is 3. The molecule has 0 atom stereocenters. The number of amides is 1. The number of nitrogen functional groups attached to an aromatic ring is 1. The summed E-state index contributed by atoms with van der Waals surface area (Å²) < 4.78 is 0. The summed E-state index contributed by atoms with van der Waals surface area (Å²) in [6.45, 7) is 0.331. The summed E-state index contributed by atoms with van der Waals surface area (Å²) in [7, 11) is 1.64. The van der Waals surface area contributed by atoms with E-state index in [1.54, 1.807) is 7.05 Å². The molecule has 0 aromatic carbocycles. The molecule has 0 unspecified atom stereocenters. The van der Waals surface area contributed by atoms with Gasteiger partial charge in [0.1, 0.15) is 17.8 Å². The van der Waals surface area contributed by atoms with Gasteiger partial charge in [0.15, 0.2) is 0 Å². The lowest BCUT2D eigenvalue weighted by atomic mass is 10.3. The smallest absolute Gasteiger partial charge is 0.274 e. The minimum Gasteiger partial charge on any atom is -0.396 e. The van der Waals surface area contributed by atoms with Gasteiger partial charge >= 0.3 is 0 Å². The van der Waals surface area contributed by atoms with Crippen LogP contribution >= 0.6 is 0 Å². The average Bonchev–Trinajstić information content (AvgIpc) is 2.88. The van der Waals surface area contributed by atoms with Crippen LogP contribution in [0.5, 0.6) is 0 Å². The molecule has 0 saturated carbocycles. The van der Waals surface area contributed by atoms with Gasteiger partial charge in [-0.25, -0.2) is 4.98 Å². The molecule has 0 aliphatic heterocycles. The van der Waals surface area contributed by atoms with Crippen LogP contribution in [0.2, 0.25) is 0 Å². The van der Waals surface area contributed by atoms with Gasteiger partial charge in [0.25, 0.3) is 5.91 Å². The Morgan fingerprint density at radius 3 is 2.88 bits per heavy atom. The van der Waals surface area contributed by atoms with Gasteiger partial charge in [-0.15, -0.1) is 0 Å². The van der Waals surface area contributed by atoms with Crippen LogP contribution in [0.25, 0.3) is 0 Å². The van der Waals surface area contributed by atoms with Crippen molar-refractivity contribution in [2.75, 3.05) is 12.8 Å². The minimum absolute atomic E-state index is 0.244. The summed E-state index contributed by atoms with van der Waals surface area (Å²) >= 11 is 0. The van der Waals surface area contributed by atoms with Crippen LogP contribution < -0.4 is 5.73 Å². The molecule has 0 fully saturated rings. The molecule has 8 nitrogen and oxygen atoms in total. The van der Waals surface area contributed by atoms with E-state index >= 15 is 0 Å².